The minimum atomic E-state index is -0.969. The van der Waals surface area contributed by atoms with E-state index in [1.165, 1.54) is 6.92 Å². The molecule has 0 N–H and O–H groups in total. The molecule has 57 heavy (non-hydrogen) atoms. The zero-order chi connectivity index (χ0) is 44.4. The summed E-state index contributed by atoms with van der Waals surface area (Å²) >= 11 is 0. The van der Waals surface area contributed by atoms with Gasteiger partial charge in [0.1, 0.15) is 25.4 Å². The topological polar surface area (TPSA) is 110 Å². The molecule has 2 heterocycles. The van der Waals surface area contributed by atoms with Crippen LogP contribution in [0.2, 0.25) is 0 Å². The maximum Gasteiger partial charge on any atom is 0.313 e. The first kappa shape index (κ1) is 52.6. The SMILES string of the molecule is CC.CC(=O)CC(=O)OCCOC(=O)C(C)(C(C)(C)C)C(C)(C)C(C)(C)CC(N1CCCCCC1=O)C(C)(C)CCCC(C)(C)C(CC(C)(C)C)N1CCCC1=O. The van der Waals surface area contributed by atoms with Crippen LogP contribution in [0.5, 0.6) is 0 Å². The molecule has 2 saturated heterocycles. The molecule has 0 saturated carbocycles. The number of ether oxygens (including phenoxy) is 2. The van der Waals surface area contributed by atoms with Gasteiger partial charge in [-0.2, -0.15) is 0 Å². The Morgan fingerprint density at radius 1 is 0.632 bits per heavy atom. The van der Waals surface area contributed by atoms with Crippen LogP contribution in [0.25, 0.3) is 0 Å². The molecule has 3 unspecified atom stereocenters. The summed E-state index contributed by atoms with van der Waals surface area (Å²) in [6.07, 6.45) is 9.33. The number of carbonyl (C=O) groups excluding carboxylic acids is 5. The van der Waals surface area contributed by atoms with E-state index in [-0.39, 0.29) is 71.5 Å². The van der Waals surface area contributed by atoms with Crippen molar-refractivity contribution in [2.24, 2.45) is 37.9 Å². The molecular weight excluding hydrogens is 717 g/mol. The van der Waals surface area contributed by atoms with Gasteiger partial charge in [-0.25, -0.2) is 0 Å². The van der Waals surface area contributed by atoms with Gasteiger partial charge < -0.3 is 19.3 Å². The number of amides is 2. The van der Waals surface area contributed by atoms with Crippen LogP contribution in [0.1, 0.15) is 202 Å². The van der Waals surface area contributed by atoms with Crippen molar-refractivity contribution in [3.05, 3.63) is 0 Å². The number of likely N-dealkylation sites (tertiary alicyclic amines) is 2. The van der Waals surface area contributed by atoms with E-state index in [0.717, 1.165) is 64.5 Å². The molecule has 2 amide bonds. The molecule has 3 atom stereocenters. The lowest BCUT2D eigenvalue weighted by atomic mass is 9.45. The van der Waals surface area contributed by atoms with E-state index in [4.69, 9.17) is 9.47 Å². The van der Waals surface area contributed by atoms with Gasteiger partial charge in [-0.3, -0.25) is 24.0 Å². The van der Waals surface area contributed by atoms with Gasteiger partial charge >= 0.3 is 11.9 Å². The van der Waals surface area contributed by atoms with Gasteiger partial charge in [0.2, 0.25) is 11.8 Å². The molecular formula is C48H88N2O7. The lowest BCUT2D eigenvalue weighted by Gasteiger charge is -2.59. The second kappa shape index (κ2) is 20.7. The lowest BCUT2D eigenvalue weighted by Crippen LogP contribution is -2.60. The van der Waals surface area contributed by atoms with Gasteiger partial charge in [-0.15, -0.1) is 0 Å². The van der Waals surface area contributed by atoms with Crippen molar-refractivity contribution in [2.75, 3.05) is 26.3 Å². The number of rotatable bonds is 19. The van der Waals surface area contributed by atoms with Crippen molar-refractivity contribution in [3.63, 3.8) is 0 Å². The minimum absolute atomic E-state index is 0.0538. The van der Waals surface area contributed by atoms with E-state index >= 15 is 0 Å². The highest BCUT2D eigenvalue weighted by Gasteiger charge is 2.62. The Hall–Kier alpha value is -2.45. The fourth-order valence-electron chi connectivity index (χ4n) is 9.46. The summed E-state index contributed by atoms with van der Waals surface area (Å²) < 4.78 is 11.0. The second-order valence-electron chi connectivity index (χ2n) is 22.0. The second-order valence-corrected chi connectivity index (χ2v) is 22.0. The molecule has 9 nitrogen and oxygen atoms in total. The normalized spacial score (nSPS) is 18.6. The summed E-state index contributed by atoms with van der Waals surface area (Å²) in [5.74, 6) is -0.759. The van der Waals surface area contributed by atoms with E-state index in [1.54, 1.807) is 0 Å². The molecule has 0 aromatic carbocycles. The maximum atomic E-state index is 14.3. The molecule has 0 aromatic heterocycles. The van der Waals surface area contributed by atoms with Crippen LogP contribution >= 0.6 is 0 Å². The summed E-state index contributed by atoms with van der Waals surface area (Å²) in [7, 11) is 0. The van der Waals surface area contributed by atoms with Crippen molar-refractivity contribution < 1.29 is 33.4 Å². The average Bonchev–Trinajstić information content (AvgIpc) is 3.38. The standard InChI is InChI=1S/C46H82N2O7.C2H6/c1-33(49)30-38(52)54-28-29-55-39(53)46(16,41(5,6)7)45(14,15)44(12,13)32-35(47-26-19-17-18-22-36(47)50)43(10,11)25-21-24-42(8,9)34(31-40(2,3)4)48-27-20-23-37(48)51;1-2/h34-35H,17-32H2,1-16H3;1-2H3. The van der Waals surface area contributed by atoms with E-state index in [9.17, 15) is 24.0 Å². The number of nitrogens with zero attached hydrogens (tertiary/aromatic N) is 2. The van der Waals surface area contributed by atoms with E-state index < -0.39 is 27.6 Å². The Labute approximate surface area is 349 Å². The summed E-state index contributed by atoms with van der Waals surface area (Å²) in [4.78, 5) is 68.9. The molecule has 2 fully saturated rings. The first-order valence-corrected chi connectivity index (χ1v) is 22.3. The van der Waals surface area contributed by atoms with Crippen LogP contribution in [-0.4, -0.2) is 77.7 Å². The van der Waals surface area contributed by atoms with E-state index in [0.29, 0.717) is 19.3 Å². The Morgan fingerprint density at radius 2 is 1.09 bits per heavy atom. The van der Waals surface area contributed by atoms with Gasteiger partial charge in [-0.05, 0) is 91.3 Å². The lowest BCUT2D eigenvalue weighted by molar-refractivity contribution is -0.189. The summed E-state index contributed by atoms with van der Waals surface area (Å²) in [6, 6.07) is 0.123. The van der Waals surface area contributed by atoms with Crippen LogP contribution in [-0.2, 0) is 33.4 Å². The van der Waals surface area contributed by atoms with Crippen molar-refractivity contribution in [3.8, 4) is 0 Å². The largest absolute Gasteiger partial charge is 0.462 e. The number of esters is 2. The molecule has 2 aliphatic heterocycles. The Kier molecular flexibility index (Phi) is 19.1. The van der Waals surface area contributed by atoms with Crippen molar-refractivity contribution >= 4 is 29.5 Å². The van der Waals surface area contributed by atoms with Crippen LogP contribution in [0.4, 0.5) is 0 Å². The average molecular weight is 805 g/mol. The molecule has 0 spiro atoms. The zero-order valence-corrected chi connectivity index (χ0v) is 40.2. The molecule has 332 valence electrons. The molecule has 2 rings (SSSR count). The van der Waals surface area contributed by atoms with Crippen molar-refractivity contribution in [1.82, 2.24) is 9.80 Å². The number of hydrogen-bond acceptors (Lipinski definition) is 7. The Balaban J connectivity index is 0.00000799. The zero-order valence-electron chi connectivity index (χ0n) is 40.2. The third-order valence-electron chi connectivity index (χ3n) is 14.3. The summed E-state index contributed by atoms with van der Waals surface area (Å²) in [5, 5.41) is 0. The van der Waals surface area contributed by atoms with Crippen LogP contribution < -0.4 is 0 Å². The van der Waals surface area contributed by atoms with Gasteiger partial charge in [0, 0.05) is 38.0 Å². The summed E-state index contributed by atoms with van der Waals surface area (Å²) in [5.41, 5.74) is -2.74. The van der Waals surface area contributed by atoms with Crippen molar-refractivity contribution in [1.29, 1.82) is 0 Å². The van der Waals surface area contributed by atoms with E-state index in [2.05, 4.69) is 107 Å². The molecule has 0 aromatic rings. The van der Waals surface area contributed by atoms with Gasteiger partial charge in [-0.1, -0.05) is 124 Å². The monoisotopic (exact) mass is 805 g/mol. The highest BCUT2D eigenvalue weighted by atomic mass is 16.6. The third kappa shape index (κ3) is 13.8. The Bertz CT molecular complexity index is 1350. The fraction of sp³-hybridized carbons (Fsp3) is 0.896. The minimum Gasteiger partial charge on any atom is -0.462 e. The number of Topliss-reactive ketones (excluding diaryl/α,β-unsaturated/α-hetero) is 1. The number of hydrogen-bond donors (Lipinski definition) is 0. The van der Waals surface area contributed by atoms with E-state index in [1.807, 2.05) is 20.8 Å². The Morgan fingerprint density at radius 3 is 1.54 bits per heavy atom. The third-order valence-corrected chi connectivity index (χ3v) is 14.3. The summed E-state index contributed by atoms with van der Waals surface area (Å²) in [6.45, 7) is 39.9. The molecule has 2 aliphatic rings. The van der Waals surface area contributed by atoms with Crippen LogP contribution in [0.3, 0.4) is 0 Å². The predicted molar refractivity (Wildman–Crippen MR) is 232 cm³/mol. The molecule has 0 radical (unpaired) electrons. The highest BCUT2D eigenvalue weighted by Crippen LogP contribution is 2.62. The predicted octanol–water partition coefficient (Wildman–Crippen LogP) is 11.0. The fourth-order valence-corrected chi connectivity index (χ4v) is 9.46. The van der Waals surface area contributed by atoms with Crippen LogP contribution in [0.15, 0.2) is 0 Å². The maximum absolute atomic E-state index is 14.3. The van der Waals surface area contributed by atoms with Gasteiger partial charge in [0.05, 0.1) is 5.41 Å². The molecule has 0 aliphatic carbocycles. The van der Waals surface area contributed by atoms with Crippen LogP contribution in [0, 0.1) is 37.9 Å². The first-order chi connectivity index (χ1) is 25.9. The van der Waals surface area contributed by atoms with Gasteiger partial charge in [0.15, 0.2) is 0 Å². The van der Waals surface area contributed by atoms with Gasteiger partial charge in [0.25, 0.3) is 0 Å². The quantitative estimate of drug-likeness (QED) is 0.0726. The number of carbonyl (C=O) groups is 5. The first-order valence-electron chi connectivity index (χ1n) is 22.3. The molecule has 9 heteroatoms. The number of ketones is 1. The molecule has 0 bridgehead atoms. The van der Waals surface area contributed by atoms with Crippen molar-refractivity contribution in [2.45, 2.75) is 214 Å². The highest BCUT2D eigenvalue weighted by molar-refractivity contribution is 5.94. The smallest absolute Gasteiger partial charge is 0.313 e.